The molecule has 0 saturated carbocycles. The largest absolute Gasteiger partial charge is 0.341 e. The lowest BCUT2D eigenvalue weighted by Crippen LogP contribution is -2.40. The third-order valence-corrected chi connectivity index (χ3v) is 5.12. The van der Waals surface area contributed by atoms with Crippen molar-refractivity contribution in [1.82, 2.24) is 9.97 Å². The average Bonchev–Trinajstić information content (AvgIpc) is 2.88. The lowest BCUT2D eigenvalue weighted by molar-refractivity contribution is 0.551. The van der Waals surface area contributed by atoms with Crippen molar-refractivity contribution in [2.45, 2.75) is 37.8 Å². The second-order valence-electron chi connectivity index (χ2n) is 5.29. The maximum absolute atomic E-state index is 4.75. The summed E-state index contributed by atoms with van der Waals surface area (Å²) >= 11 is 1.80. The van der Waals surface area contributed by atoms with Gasteiger partial charge in [-0.1, -0.05) is 23.5 Å². The van der Waals surface area contributed by atoms with Gasteiger partial charge in [-0.3, -0.25) is 4.98 Å². The van der Waals surface area contributed by atoms with Crippen molar-refractivity contribution in [2.24, 2.45) is 0 Å². The van der Waals surface area contributed by atoms with E-state index in [1.54, 1.807) is 11.3 Å². The second kappa shape index (κ2) is 3.79. The van der Waals surface area contributed by atoms with Gasteiger partial charge in [-0.05, 0) is 31.7 Å². The SMILES string of the molecule is C=C1CC2CCC(C1)N2c1nc2cnccc2s1. The van der Waals surface area contributed by atoms with Crippen LogP contribution in [-0.2, 0) is 0 Å². The molecule has 2 aliphatic rings. The Morgan fingerprint density at radius 1 is 1.28 bits per heavy atom. The van der Waals surface area contributed by atoms with Gasteiger partial charge in [0.2, 0.25) is 0 Å². The van der Waals surface area contributed by atoms with Gasteiger partial charge in [-0.25, -0.2) is 4.98 Å². The normalized spacial score (nSPS) is 27.1. The summed E-state index contributed by atoms with van der Waals surface area (Å²) in [6.45, 7) is 4.17. The summed E-state index contributed by atoms with van der Waals surface area (Å²) in [4.78, 5) is 11.4. The number of hydrogen-bond donors (Lipinski definition) is 0. The van der Waals surface area contributed by atoms with Gasteiger partial charge in [0.25, 0.3) is 0 Å². The van der Waals surface area contributed by atoms with E-state index >= 15 is 0 Å². The van der Waals surface area contributed by atoms with Gasteiger partial charge in [0.1, 0.15) is 5.52 Å². The number of piperidine rings is 1. The predicted octanol–water partition coefficient (Wildman–Crippen LogP) is 3.38. The first-order valence-corrected chi connectivity index (χ1v) is 7.28. The van der Waals surface area contributed by atoms with Crippen molar-refractivity contribution >= 4 is 26.7 Å². The summed E-state index contributed by atoms with van der Waals surface area (Å²) in [7, 11) is 0. The predicted molar refractivity (Wildman–Crippen MR) is 75.1 cm³/mol. The van der Waals surface area contributed by atoms with E-state index in [0.717, 1.165) is 18.4 Å². The standard InChI is InChI=1S/C14H15N3S/c1-9-6-10-2-3-11(7-9)17(10)14-16-12-8-15-5-4-13(12)18-14/h4-5,8,10-11H,1-3,6-7H2. The number of rotatable bonds is 1. The first-order valence-electron chi connectivity index (χ1n) is 6.47. The molecule has 92 valence electrons. The van der Waals surface area contributed by atoms with Crippen molar-refractivity contribution in [3.63, 3.8) is 0 Å². The average molecular weight is 257 g/mol. The summed E-state index contributed by atoms with van der Waals surface area (Å²) in [6.07, 6.45) is 8.57. The number of nitrogens with zero attached hydrogens (tertiary/aromatic N) is 3. The van der Waals surface area contributed by atoms with Crippen LogP contribution < -0.4 is 4.90 Å². The van der Waals surface area contributed by atoms with Gasteiger partial charge in [-0.2, -0.15) is 0 Å². The zero-order chi connectivity index (χ0) is 12.1. The fraction of sp³-hybridized carbons (Fsp3) is 0.429. The van der Waals surface area contributed by atoms with Gasteiger partial charge in [0.15, 0.2) is 5.13 Å². The van der Waals surface area contributed by atoms with E-state index in [1.165, 1.54) is 28.2 Å². The Labute approximate surface area is 110 Å². The van der Waals surface area contributed by atoms with Gasteiger partial charge in [0.05, 0.1) is 10.9 Å². The summed E-state index contributed by atoms with van der Waals surface area (Å²) in [5.74, 6) is 0. The summed E-state index contributed by atoms with van der Waals surface area (Å²) < 4.78 is 1.24. The third kappa shape index (κ3) is 1.48. The van der Waals surface area contributed by atoms with E-state index in [9.17, 15) is 0 Å². The number of thiazole rings is 1. The molecule has 0 amide bonds. The lowest BCUT2D eigenvalue weighted by Gasteiger charge is -2.35. The molecule has 2 aromatic rings. The van der Waals surface area contributed by atoms with E-state index in [2.05, 4.69) is 22.5 Å². The monoisotopic (exact) mass is 257 g/mol. The highest BCUT2D eigenvalue weighted by atomic mass is 32.1. The van der Waals surface area contributed by atoms with Crippen LogP contribution in [-0.4, -0.2) is 22.1 Å². The highest BCUT2D eigenvalue weighted by Gasteiger charge is 2.39. The number of anilines is 1. The Morgan fingerprint density at radius 3 is 2.78 bits per heavy atom. The number of aromatic nitrogens is 2. The molecule has 0 aromatic carbocycles. The Kier molecular flexibility index (Phi) is 2.21. The highest BCUT2D eigenvalue weighted by molar-refractivity contribution is 7.22. The highest BCUT2D eigenvalue weighted by Crippen LogP contribution is 2.43. The molecule has 2 saturated heterocycles. The van der Waals surface area contributed by atoms with Crippen LogP contribution in [0.4, 0.5) is 5.13 Å². The summed E-state index contributed by atoms with van der Waals surface area (Å²) in [5.41, 5.74) is 2.45. The molecule has 0 spiro atoms. The van der Waals surface area contributed by atoms with Crippen LogP contribution in [0.1, 0.15) is 25.7 Å². The Morgan fingerprint density at radius 2 is 2.06 bits per heavy atom. The van der Waals surface area contributed by atoms with Crippen LogP contribution >= 0.6 is 11.3 Å². The van der Waals surface area contributed by atoms with Crippen molar-refractivity contribution in [3.05, 3.63) is 30.6 Å². The molecule has 0 aliphatic carbocycles. The molecule has 2 atom stereocenters. The summed E-state index contributed by atoms with van der Waals surface area (Å²) in [6, 6.07) is 3.32. The van der Waals surface area contributed by atoms with Crippen LogP contribution in [0.3, 0.4) is 0 Å². The Balaban J connectivity index is 1.77. The zero-order valence-electron chi connectivity index (χ0n) is 10.2. The molecule has 0 radical (unpaired) electrons. The number of hydrogen-bond acceptors (Lipinski definition) is 4. The zero-order valence-corrected chi connectivity index (χ0v) is 11.0. The molecule has 2 aliphatic heterocycles. The van der Waals surface area contributed by atoms with Crippen molar-refractivity contribution in [1.29, 1.82) is 0 Å². The van der Waals surface area contributed by atoms with Crippen LogP contribution in [0.15, 0.2) is 30.6 Å². The molecule has 2 unspecified atom stereocenters. The minimum Gasteiger partial charge on any atom is -0.341 e. The van der Waals surface area contributed by atoms with E-state index in [1.807, 2.05) is 12.4 Å². The van der Waals surface area contributed by atoms with Gasteiger partial charge in [-0.15, -0.1) is 0 Å². The summed E-state index contributed by atoms with van der Waals surface area (Å²) in [5, 5.41) is 1.18. The van der Waals surface area contributed by atoms with Crippen molar-refractivity contribution in [3.8, 4) is 0 Å². The van der Waals surface area contributed by atoms with E-state index in [-0.39, 0.29) is 0 Å². The molecule has 2 fully saturated rings. The first kappa shape index (κ1) is 10.5. The van der Waals surface area contributed by atoms with E-state index in [0.29, 0.717) is 12.1 Å². The number of pyridine rings is 1. The van der Waals surface area contributed by atoms with Crippen LogP contribution in [0.2, 0.25) is 0 Å². The second-order valence-corrected chi connectivity index (χ2v) is 6.30. The van der Waals surface area contributed by atoms with Gasteiger partial charge < -0.3 is 4.90 Å². The minimum absolute atomic E-state index is 0.629. The molecule has 2 bridgehead atoms. The van der Waals surface area contributed by atoms with Crippen molar-refractivity contribution in [2.75, 3.05) is 4.90 Å². The molecule has 4 heteroatoms. The molecule has 3 nitrogen and oxygen atoms in total. The molecular formula is C14H15N3S. The van der Waals surface area contributed by atoms with Crippen LogP contribution in [0, 0.1) is 0 Å². The third-order valence-electron chi connectivity index (χ3n) is 4.07. The molecule has 18 heavy (non-hydrogen) atoms. The topological polar surface area (TPSA) is 29.0 Å². The number of fused-ring (bicyclic) bond motifs is 3. The van der Waals surface area contributed by atoms with Gasteiger partial charge >= 0.3 is 0 Å². The van der Waals surface area contributed by atoms with Crippen molar-refractivity contribution < 1.29 is 0 Å². The molecule has 0 N–H and O–H groups in total. The minimum atomic E-state index is 0.629. The maximum Gasteiger partial charge on any atom is 0.187 e. The molecule has 2 aromatic heterocycles. The Hall–Kier alpha value is -1.42. The van der Waals surface area contributed by atoms with Gasteiger partial charge in [0, 0.05) is 18.3 Å². The fourth-order valence-electron chi connectivity index (χ4n) is 3.30. The smallest absolute Gasteiger partial charge is 0.187 e. The lowest BCUT2D eigenvalue weighted by atomic mass is 9.99. The Bertz CT molecular complexity index is 569. The fourth-order valence-corrected chi connectivity index (χ4v) is 4.38. The molecule has 4 rings (SSSR count). The maximum atomic E-state index is 4.75. The van der Waals surface area contributed by atoms with Crippen LogP contribution in [0.25, 0.3) is 10.2 Å². The quantitative estimate of drug-likeness (QED) is 0.733. The molecular weight excluding hydrogens is 242 g/mol. The molecule has 4 heterocycles. The van der Waals surface area contributed by atoms with Crippen LogP contribution in [0.5, 0.6) is 0 Å². The first-order chi connectivity index (χ1) is 8.81. The van der Waals surface area contributed by atoms with E-state index in [4.69, 9.17) is 4.98 Å². The van der Waals surface area contributed by atoms with E-state index < -0.39 is 0 Å².